The smallest absolute Gasteiger partial charge is 0.243 e. The van der Waals surface area contributed by atoms with E-state index in [1.807, 2.05) is 0 Å². The molecule has 32 heavy (non-hydrogen) atoms. The second-order valence-corrected chi connectivity index (χ2v) is 12.4. The van der Waals surface area contributed by atoms with Crippen molar-refractivity contribution < 1.29 is 18.5 Å². The highest BCUT2D eigenvalue weighted by molar-refractivity contribution is 8.13. The number of ether oxygens (including phenoxy) is 1. The van der Waals surface area contributed by atoms with E-state index in [9.17, 15) is 4.79 Å². The normalized spacial score (nSPS) is 13.2. The minimum Gasteiger partial charge on any atom is -0.355 e. The second kappa shape index (κ2) is 16.8. The van der Waals surface area contributed by atoms with Crippen LogP contribution in [0.1, 0.15) is 82.6 Å². The molecule has 0 heterocycles. The lowest BCUT2D eigenvalue weighted by molar-refractivity contribution is -0.915. The SMILES string of the molecule is CC[N+](CC)(CC)CC(=O)SCCCOCOP(N(C(C)C)C(C)C)N(C(C)C)C(C)C. The molecule has 0 saturated carbocycles. The van der Waals surface area contributed by atoms with Crippen molar-refractivity contribution in [3.8, 4) is 0 Å². The summed E-state index contributed by atoms with van der Waals surface area (Å²) in [6.45, 7) is 28.9. The maximum absolute atomic E-state index is 12.4. The van der Waals surface area contributed by atoms with Gasteiger partial charge >= 0.3 is 0 Å². The van der Waals surface area contributed by atoms with Gasteiger partial charge in [0.25, 0.3) is 0 Å². The summed E-state index contributed by atoms with van der Waals surface area (Å²) < 4.78 is 18.0. The molecule has 0 spiro atoms. The van der Waals surface area contributed by atoms with Crippen LogP contribution in [0.3, 0.4) is 0 Å². The van der Waals surface area contributed by atoms with Crippen LogP contribution in [-0.4, -0.2) is 88.4 Å². The number of carbonyl (C=O) groups is 1. The van der Waals surface area contributed by atoms with Crippen LogP contribution >= 0.6 is 20.2 Å². The molecule has 0 aliphatic carbocycles. The maximum Gasteiger partial charge on any atom is 0.243 e. The lowest BCUT2D eigenvalue weighted by atomic mass is 10.3. The van der Waals surface area contributed by atoms with Crippen molar-refractivity contribution in [2.75, 3.05) is 45.3 Å². The number of nitrogens with zero attached hydrogens (tertiary/aromatic N) is 3. The summed E-state index contributed by atoms with van der Waals surface area (Å²) in [5.41, 5.74) is 0. The number of quaternary nitrogens is 1. The van der Waals surface area contributed by atoms with Crippen molar-refractivity contribution in [3.63, 3.8) is 0 Å². The van der Waals surface area contributed by atoms with Crippen LogP contribution < -0.4 is 0 Å². The Kier molecular flexibility index (Phi) is 16.9. The highest BCUT2D eigenvalue weighted by Crippen LogP contribution is 2.50. The topological polar surface area (TPSA) is 42.0 Å². The van der Waals surface area contributed by atoms with Gasteiger partial charge in [0.15, 0.2) is 15.2 Å². The Bertz CT molecular complexity index is 459. The second-order valence-electron chi connectivity index (χ2n) is 9.57. The fourth-order valence-corrected chi connectivity index (χ4v) is 7.16. The van der Waals surface area contributed by atoms with Crippen molar-refractivity contribution in [2.45, 2.75) is 107 Å². The third kappa shape index (κ3) is 11.1. The molecular weight excluding hydrogens is 441 g/mol. The minimum atomic E-state index is -0.922. The zero-order chi connectivity index (χ0) is 24.9. The molecule has 0 rings (SSSR count). The van der Waals surface area contributed by atoms with E-state index < -0.39 is 8.45 Å². The quantitative estimate of drug-likeness (QED) is 0.101. The zero-order valence-corrected chi connectivity index (χ0v) is 24.6. The molecule has 0 N–H and O–H groups in total. The molecule has 0 bridgehead atoms. The molecule has 0 fully saturated rings. The first-order chi connectivity index (χ1) is 15.0. The van der Waals surface area contributed by atoms with Crippen LogP contribution in [0, 0.1) is 0 Å². The fourth-order valence-electron chi connectivity index (χ4n) is 4.05. The summed E-state index contributed by atoms with van der Waals surface area (Å²) in [7, 11) is -0.922. The van der Waals surface area contributed by atoms with Crippen LogP contribution in [0.2, 0.25) is 0 Å². The number of thioether (sulfide) groups is 1. The first-order valence-electron chi connectivity index (χ1n) is 12.5. The molecule has 0 atom stereocenters. The molecule has 0 aromatic rings. The molecule has 192 valence electrons. The Balaban J connectivity index is 4.62. The van der Waals surface area contributed by atoms with Crippen LogP contribution in [0.15, 0.2) is 0 Å². The summed E-state index contributed by atoms with van der Waals surface area (Å²) in [6, 6.07) is 1.57. The molecule has 0 aromatic heterocycles. The molecule has 0 saturated heterocycles. The van der Waals surface area contributed by atoms with Crippen LogP contribution in [0.5, 0.6) is 0 Å². The van der Waals surface area contributed by atoms with Crippen LogP contribution in [0.4, 0.5) is 0 Å². The molecule has 0 aliphatic rings. The molecule has 0 aromatic carbocycles. The third-order valence-electron chi connectivity index (χ3n) is 5.94. The highest BCUT2D eigenvalue weighted by atomic mass is 32.2. The van der Waals surface area contributed by atoms with E-state index in [4.69, 9.17) is 9.26 Å². The Morgan fingerprint density at radius 2 is 1.28 bits per heavy atom. The average molecular weight is 495 g/mol. The van der Waals surface area contributed by atoms with Gasteiger partial charge in [0.1, 0.15) is 6.54 Å². The highest BCUT2D eigenvalue weighted by Gasteiger charge is 2.34. The summed E-state index contributed by atoms with van der Waals surface area (Å²) in [4.78, 5) is 12.4. The van der Waals surface area contributed by atoms with Gasteiger partial charge in [0, 0.05) is 29.9 Å². The lowest BCUT2D eigenvalue weighted by Gasteiger charge is -2.45. The van der Waals surface area contributed by atoms with Gasteiger partial charge in [-0.1, -0.05) is 11.8 Å². The van der Waals surface area contributed by atoms with E-state index in [0.717, 1.165) is 36.3 Å². The Morgan fingerprint density at radius 3 is 1.66 bits per heavy atom. The van der Waals surface area contributed by atoms with Gasteiger partial charge in [-0.15, -0.1) is 0 Å². The fraction of sp³-hybridized carbons (Fsp3) is 0.958. The number of carbonyl (C=O) groups excluding carboxylic acids is 1. The monoisotopic (exact) mass is 494 g/mol. The van der Waals surface area contributed by atoms with Crippen LogP contribution in [0.25, 0.3) is 0 Å². The zero-order valence-electron chi connectivity index (χ0n) is 22.9. The van der Waals surface area contributed by atoms with Crippen molar-refractivity contribution in [2.24, 2.45) is 0 Å². The molecule has 0 aliphatic heterocycles. The van der Waals surface area contributed by atoms with Gasteiger partial charge in [0.05, 0.1) is 26.2 Å². The number of hydrogen-bond acceptors (Lipinski definition) is 6. The van der Waals surface area contributed by atoms with E-state index in [0.29, 0.717) is 42.4 Å². The summed E-state index contributed by atoms with van der Waals surface area (Å²) in [5, 5.41) is 0.296. The van der Waals surface area contributed by atoms with E-state index in [-0.39, 0.29) is 6.79 Å². The van der Waals surface area contributed by atoms with Gasteiger partial charge in [-0.25, -0.2) is 9.34 Å². The van der Waals surface area contributed by atoms with Crippen LogP contribution in [-0.2, 0) is 14.1 Å². The van der Waals surface area contributed by atoms with Gasteiger partial charge in [-0.3, -0.25) is 4.79 Å². The molecular formula is C24H53N3O3PS+. The predicted molar refractivity (Wildman–Crippen MR) is 142 cm³/mol. The van der Waals surface area contributed by atoms with E-state index >= 15 is 0 Å². The van der Waals surface area contributed by atoms with E-state index in [1.165, 1.54) is 11.8 Å². The Labute approximate surface area is 205 Å². The molecule has 0 amide bonds. The first kappa shape index (κ1) is 32.2. The number of hydrogen-bond donors (Lipinski definition) is 0. The third-order valence-corrected chi connectivity index (χ3v) is 9.85. The molecule has 0 unspecified atom stereocenters. The minimum absolute atomic E-state index is 0.289. The van der Waals surface area contributed by atoms with E-state index in [1.54, 1.807) is 0 Å². The summed E-state index contributed by atoms with van der Waals surface area (Å²) in [6.07, 6.45) is 0.859. The van der Waals surface area contributed by atoms with Gasteiger partial charge in [0.2, 0.25) is 5.12 Å². The summed E-state index contributed by atoms with van der Waals surface area (Å²) >= 11 is 1.45. The van der Waals surface area contributed by atoms with Crippen molar-refractivity contribution >= 4 is 25.3 Å². The predicted octanol–water partition coefficient (Wildman–Crippen LogP) is 5.97. The van der Waals surface area contributed by atoms with E-state index in [2.05, 4.69) is 85.5 Å². The Morgan fingerprint density at radius 1 is 0.844 bits per heavy atom. The van der Waals surface area contributed by atoms with Gasteiger partial charge in [-0.2, -0.15) is 0 Å². The van der Waals surface area contributed by atoms with Gasteiger partial charge < -0.3 is 13.7 Å². The molecule has 0 radical (unpaired) electrons. The average Bonchev–Trinajstić information content (AvgIpc) is 2.70. The maximum atomic E-state index is 12.4. The number of likely N-dealkylation sites (N-methyl/N-ethyl adjacent to an activating group) is 1. The van der Waals surface area contributed by atoms with Crippen molar-refractivity contribution in [1.29, 1.82) is 0 Å². The van der Waals surface area contributed by atoms with Crippen molar-refractivity contribution in [3.05, 3.63) is 0 Å². The standard InChI is InChI=1S/C24H53N3O3PS/c1-12-27(13-2,14-3)18-24(28)32-17-15-16-29-19-30-31(25(20(4)5)21(6)7)26(22(8)9)23(10)11/h20-23H,12-19H2,1-11H3/q+1. The molecule has 8 heteroatoms. The molecule has 6 nitrogen and oxygen atoms in total. The first-order valence-corrected chi connectivity index (χ1v) is 14.7. The summed E-state index contributed by atoms with van der Waals surface area (Å²) in [5.74, 6) is 0.805. The lowest BCUT2D eigenvalue weighted by Crippen LogP contribution is -2.50. The number of rotatable bonds is 18. The largest absolute Gasteiger partial charge is 0.355 e. The van der Waals surface area contributed by atoms with Crippen molar-refractivity contribution in [1.82, 2.24) is 9.34 Å². The van der Waals surface area contributed by atoms with Gasteiger partial charge in [-0.05, 0) is 82.6 Å². The Hall–Kier alpha value is 0.250.